The lowest BCUT2D eigenvalue weighted by molar-refractivity contribution is -0.144. The average Bonchev–Trinajstić information content (AvgIpc) is 2.71. The number of para-hydroxylation sites is 1. The van der Waals surface area contributed by atoms with E-state index in [4.69, 9.17) is 0 Å². The number of rotatable bonds is 4. The second-order valence-electron chi connectivity index (χ2n) is 7.13. The summed E-state index contributed by atoms with van der Waals surface area (Å²) in [6.07, 6.45) is 4.25. The van der Waals surface area contributed by atoms with Crippen molar-refractivity contribution in [2.75, 3.05) is 38.0 Å². The second-order valence-corrected chi connectivity index (χ2v) is 7.13. The van der Waals surface area contributed by atoms with Crippen LogP contribution < -0.4 is 5.32 Å². The van der Waals surface area contributed by atoms with Gasteiger partial charge in [0.15, 0.2) is 0 Å². The minimum absolute atomic E-state index is 0.456. The van der Waals surface area contributed by atoms with Gasteiger partial charge in [-0.1, -0.05) is 60.7 Å². The summed E-state index contributed by atoms with van der Waals surface area (Å²) in [6, 6.07) is 16.0. The van der Waals surface area contributed by atoms with E-state index in [1.807, 2.05) is 50.2 Å². The molecule has 146 valence electrons. The SMILES string of the molecule is Cc1cccc(C)c1NC(=O)C(=O)N1CCN(C/C=C/c2ccccc2)CC1. The number of aryl methyl sites for hydroxylation is 2. The van der Waals surface area contributed by atoms with Crippen LogP contribution in [0.25, 0.3) is 6.08 Å². The Hall–Kier alpha value is -2.92. The van der Waals surface area contributed by atoms with Gasteiger partial charge in [0.1, 0.15) is 0 Å². The van der Waals surface area contributed by atoms with Crippen molar-refractivity contribution < 1.29 is 9.59 Å². The molecular formula is C23H27N3O2. The van der Waals surface area contributed by atoms with Crippen molar-refractivity contribution in [2.24, 2.45) is 0 Å². The van der Waals surface area contributed by atoms with E-state index in [1.165, 1.54) is 5.56 Å². The first-order valence-electron chi connectivity index (χ1n) is 9.65. The highest BCUT2D eigenvalue weighted by molar-refractivity contribution is 6.39. The van der Waals surface area contributed by atoms with Gasteiger partial charge < -0.3 is 10.2 Å². The molecule has 28 heavy (non-hydrogen) atoms. The zero-order valence-corrected chi connectivity index (χ0v) is 16.5. The first-order chi connectivity index (χ1) is 13.5. The number of nitrogens with zero attached hydrogens (tertiary/aromatic N) is 2. The molecule has 2 amide bonds. The summed E-state index contributed by atoms with van der Waals surface area (Å²) >= 11 is 0. The molecular weight excluding hydrogens is 350 g/mol. The van der Waals surface area contributed by atoms with Gasteiger partial charge in [-0.05, 0) is 30.5 Å². The van der Waals surface area contributed by atoms with Crippen LogP contribution in [0.15, 0.2) is 54.6 Å². The van der Waals surface area contributed by atoms with E-state index in [2.05, 4.69) is 34.5 Å². The van der Waals surface area contributed by atoms with Gasteiger partial charge in [0.2, 0.25) is 0 Å². The Balaban J connectivity index is 1.48. The average molecular weight is 377 g/mol. The van der Waals surface area contributed by atoms with Crippen LogP contribution in [-0.2, 0) is 9.59 Å². The normalized spacial score (nSPS) is 15.0. The van der Waals surface area contributed by atoms with Crippen molar-refractivity contribution in [1.82, 2.24) is 9.80 Å². The van der Waals surface area contributed by atoms with Crippen LogP contribution in [0.1, 0.15) is 16.7 Å². The van der Waals surface area contributed by atoms with Gasteiger partial charge in [-0.15, -0.1) is 0 Å². The molecule has 5 heteroatoms. The molecule has 1 aliphatic heterocycles. The number of benzene rings is 2. The van der Waals surface area contributed by atoms with E-state index in [1.54, 1.807) is 4.90 Å². The molecule has 2 aromatic rings. The van der Waals surface area contributed by atoms with E-state index >= 15 is 0 Å². The maximum absolute atomic E-state index is 12.5. The summed E-state index contributed by atoms with van der Waals surface area (Å²) in [6.45, 7) is 7.36. The monoisotopic (exact) mass is 377 g/mol. The first-order valence-corrected chi connectivity index (χ1v) is 9.65. The molecule has 5 nitrogen and oxygen atoms in total. The minimum atomic E-state index is -0.560. The van der Waals surface area contributed by atoms with E-state index in [9.17, 15) is 9.59 Å². The van der Waals surface area contributed by atoms with Crippen LogP contribution in [0.2, 0.25) is 0 Å². The Morgan fingerprint density at radius 1 is 0.929 bits per heavy atom. The number of piperazine rings is 1. The van der Waals surface area contributed by atoms with Crippen molar-refractivity contribution in [2.45, 2.75) is 13.8 Å². The third kappa shape index (κ3) is 5.08. The number of anilines is 1. The van der Waals surface area contributed by atoms with Gasteiger partial charge >= 0.3 is 11.8 Å². The topological polar surface area (TPSA) is 52.7 Å². The van der Waals surface area contributed by atoms with Crippen molar-refractivity contribution in [3.63, 3.8) is 0 Å². The van der Waals surface area contributed by atoms with E-state index in [0.29, 0.717) is 13.1 Å². The summed E-state index contributed by atoms with van der Waals surface area (Å²) in [7, 11) is 0. The van der Waals surface area contributed by atoms with Crippen LogP contribution in [0.3, 0.4) is 0 Å². The fraction of sp³-hybridized carbons (Fsp3) is 0.304. The number of amides is 2. The molecule has 1 fully saturated rings. The molecule has 3 rings (SSSR count). The molecule has 1 N–H and O–H groups in total. The Morgan fingerprint density at radius 3 is 2.21 bits per heavy atom. The fourth-order valence-corrected chi connectivity index (χ4v) is 3.36. The largest absolute Gasteiger partial charge is 0.332 e. The first kappa shape index (κ1) is 19.8. The molecule has 1 aliphatic rings. The van der Waals surface area contributed by atoms with Crippen LogP contribution in [0.4, 0.5) is 5.69 Å². The Morgan fingerprint density at radius 2 is 1.57 bits per heavy atom. The van der Waals surface area contributed by atoms with Crippen molar-refractivity contribution in [3.8, 4) is 0 Å². The highest BCUT2D eigenvalue weighted by Gasteiger charge is 2.26. The molecule has 0 spiro atoms. The second kappa shape index (κ2) is 9.33. The molecule has 0 atom stereocenters. The summed E-state index contributed by atoms with van der Waals surface area (Å²) in [5.74, 6) is -1.02. The smallest absolute Gasteiger partial charge is 0.313 e. The van der Waals surface area contributed by atoms with Gasteiger partial charge in [-0.3, -0.25) is 14.5 Å². The summed E-state index contributed by atoms with van der Waals surface area (Å²) in [5, 5.41) is 2.78. The van der Waals surface area contributed by atoms with Crippen LogP contribution in [0, 0.1) is 13.8 Å². The number of hydrogen-bond acceptors (Lipinski definition) is 3. The number of carbonyl (C=O) groups excluding carboxylic acids is 2. The molecule has 0 radical (unpaired) electrons. The summed E-state index contributed by atoms with van der Waals surface area (Å²) < 4.78 is 0. The summed E-state index contributed by atoms with van der Waals surface area (Å²) in [4.78, 5) is 28.8. The van der Waals surface area contributed by atoms with Crippen molar-refractivity contribution >= 4 is 23.6 Å². The zero-order valence-electron chi connectivity index (χ0n) is 16.5. The standard InChI is InChI=1S/C23H27N3O2/c1-18-8-6-9-19(2)21(18)24-22(27)23(28)26-16-14-25(15-17-26)13-7-12-20-10-4-3-5-11-20/h3-12H,13-17H2,1-2H3,(H,24,27)/b12-7+. The lowest BCUT2D eigenvalue weighted by Crippen LogP contribution is -2.51. The molecule has 0 saturated carbocycles. The van der Waals surface area contributed by atoms with Crippen molar-refractivity contribution in [1.29, 1.82) is 0 Å². The van der Waals surface area contributed by atoms with Gasteiger partial charge in [0.25, 0.3) is 0 Å². The summed E-state index contributed by atoms with van der Waals surface area (Å²) in [5.41, 5.74) is 3.82. The predicted octanol–water partition coefficient (Wildman–Crippen LogP) is 3.10. The van der Waals surface area contributed by atoms with Gasteiger partial charge in [-0.2, -0.15) is 0 Å². The Kier molecular flexibility index (Phi) is 6.61. The molecule has 1 heterocycles. The third-order valence-corrected chi connectivity index (χ3v) is 5.05. The highest BCUT2D eigenvalue weighted by Crippen LogP contribution is 2.19. The van der Waals surface area contributed by atoms with E-state index in [0.717, 1.165) is 36.4 Å². The quantitative estimate of drug-likeness (QED) is 0.833. The van der Waals surface area contributed by atoms with E-state index in [-0.39, 0.29) is 0 Å². The number of nitrogens with one attached hydrogen (secondary N) is 1. The lowest BCUT2D eigenvalue weighted by atomic mass is 10.1. The van der Waals surface area contributed by atoms with E-state index < -0.39 is 11.8 Å². The van der Waals surface area contributed by atoms with Crippen LogP contribution >= 0.6 is 0 Å². The maximum atomic E-state index is 12.5. The molecule has 0 bridgehead atoms. The molecule has 0 aliphatic carbocycles. The molecule has 2 aromatic carbocycles. The Bertz CT molecular complexity index is 833. The Labute approximate surface area is 166 Å². The predicted molar refractivity (Wildman–Crippen MR) is 113 cm³/mol. The van der Waals surface area contributed by atoms with Gasteiger partial charge in [0.05, 0.1) is 0 Å². The lowest BCUT2D eigenvalue weighted by Gasteiger charge is -2.33. The number of carbonyl (C=O) groups is 2. The molecule has 0 unspecified atom stereocenters. The van der Waals surface area contributed by atoms with Crippen molar-refractivity contribution in [3.05, 3.63) is 71.3 Å². The zero-order chi connectivity index (χ0) is 19.9. The molecule has 0 aromatic heterocycles. The maximum Gasteiger partial charge on any atom is 0.313 e. The van der Waals surface area contributed by atoms with Gasteiger partial charge in [0, 0.05) is 38.4 Å². The fourth-order valence-electron chi connectivity index (χ4n) is 3.36. The van der Waals surface area contributed by atoms with Crippen LogP contribution in [-0.4, -0.2) is 54.3 Å². The van der Waals surface area contributed by atoms with Crippen LogP contribution in [0.5, 0.6) is 0 Å². The number of hydrogen-bond donors (Lipinski definition) is 1. The van der Waals surface area contributed by atoms with Gasteiger partial charge in [-0.25, -0.2) is 0 Å². The highest BCUT2D eigenvalue weighted by atomic mass is 16.2. The minimum Gasteiger partial charge on any atom is -0.332 e. The third-order valence-electron chi connectivity index (χ3n) is 5.05. The molecule has 1 saturated heterocycles.